The summed E-state index contributed by atoms with van der Waals surface area (Å²) < 4.78 is 17.7. The molecule has 15 heavy (non-hydrogen) atoms. The highest BCUT2D eigenvalue weighted by Crippen LogP contribution is 2.34. The molecule has 0 aromatic heterocycles. The topological polar surface area (TPSA) is 9.23 Å². The molecule has 0 saturated heterocycles. The Labute approximate surface area is 100 Å². The van der Waals surface area contributed by atoms with Crippen molar-refractivity contribution in [2.75, 3.05) is 7.11 Å². The van der Waals surface area contributed by atoms with Gasteiger partial charge < -0.3 is 4.74 Å². The zero-order chi connectivity index (χ0) is 12.0. The van der Waals surface area contributed by atoms with Crippen molar-refractivity contribution in [3.05, 3.63) is 27.5 Å². The van der Waals surface area contributed by atoms with Crippen LogP contribution < -0.4 is 4.74 Å². The summed E-state index contributed by atoms with van der Waals surface area (Å²) in [6.07, 6.45) is 1.25. The van der Waals surface area contributed by atoms with E-state index in [9.17, 15) is 4.39 Å². The van der Waals surface area contributed by atoms with Gasteiger partial charge in [0.25, 0.3) is 0 Å². The van der Waals surface area contributed by atoms with Crippen LogP contribution in [0.1, 0.15) is 25.8 Å². The van der Waals surface area contributed by atoms with E-state index in [1.165, 1.54) is 19.6 Å². The van der Waals surface area contributed by atoms with Gasteiger partial charge in [0.15, 0.2) is 11.6 Å². The van der Waals surface area contributed by atoms with E-state index in [2.05, 4.69) is 13.8 Å². The third kappa shape index (κ3) is 3.88. The standard InChI is InChI=1S/C8H7Cl2FO.C3H8/c1-4-5(9)3-6(11)8(12-2)7(4)10;1-3-2/h3H,1-2H3;3H2,1-2H3. The molecule has 0 atom stereocenters. The lowest BCUT2D eigenvalue weighted by Crippen LogP contribution is -1.91. The van der Waals surface area contributed by atoms with Crippen molar-refractivity contribution < 1.29 is 9.13 Å². The third-order valence-corrected chi connectivity index (χ3v) is 2.41. The van der Waals surface area contributed by atoms with E-state index in [-0.39, 0.29) is 10.8 Å². The van der Waals surface area contributed by atoms with Crippen LogP contribution in [0.15, 0.2) is 6.07 Å². The van der Waals surface area contributed by atoms with E-state index < -0.39 is 5.82 Å². The Morgan fingerprint density at radius 2 is 1.80 bits per heavy atom. The van der Waals surface area contributed by atoms with Crippen molar-refractivity contribution in [3.63, 3.8) is 0 Å². The first-order valence-corrected chi connectivity index (χ1v) is 5.43. The average molecular weight is 253 g/mol. The molecule has 1 aromatic rings. The second kappa shape index (κ2) is 6.91. The lowest BCUT2D eigenvalue weighted by molar-refractivity contribution is 0.386. The number of hydrogen-bond acceptors (Lipinski definition) is 1. The van der Waals surface area contributed by atoms with Gasteiger partial charge in [0.1, 0.15) is 0 Å². The van der Waals surface area contributed by atoms with Gasteiger partial charge in [-0.15, -0.1) is 0 Å². The smallest absolute Gasteiger partial charge is 0.173 e. The summed E-state index contributed by atoms with van der Waals surface area (Å²) in [5.41, 5.74) is 0.622. The highest BCUT2D eigenvalue weighted by molar-refractivity contribution is 6.36. The summed E-state index contributed by atoms with van der Waals surface area (Å²) in [6, 6.07) is 1.18. The molecule has 0 spiro atoms. The maximum Gasteiger partial charge on any atom is 0.173 e. The molecule has 0 amide bonds. The molecule has 0 saturated carbocycles. The van der Waals surface area contributed by atoms with E-state index in [1.807, 2.05) is 0 Å². The second-order valence-electron chi connectivity index (χ2n) is 3.02. The maximum absolute atomic E-state index is 13.0. The Bertz CT molecular complexity index is 327. The van der Waals surface area contributed by atoms with Gasteiger partial charge in [-0.25, -0.2) is 4.39 Å². The molecule has 0 aliphatic rings. The molecule has 0 aliphatic heterocycles. The van der Waals surface area contributed by atoms with Crippen LogP contribution in [0.25, 0.3) is 0 Å². The molecular formula is C11H15Cl2FO. The average Bonchev–Trinajstić information content (AvgIpc) is 2.16. The zero-order valence-electron chi connectivity index (χ0n) is 9.33. The largest absolute Gasteiger partial charge is 0.492 e. The SMILES string of the molecule is CCC.COc1c(F)cc(Cl)c(C)c1Cl. The van der Waals surface area contributed by atoms with Crippen LogP contribution >= 0.6 is 23.2 Å². The lowest BCUT2D eigenvalue weighted by atomic mass is 10.2. The molecule has 0 aliphatic carbocycles. The van der Waals surface area contributed by atoms with Crippen LogP contribution in [0.3, 0.4) is 0 Å². The van der Waals surface area contributed by atoms with Crippen LogP contribution in [-0.4, -0.2) is 7.11 Å². The molecule has 0 unspecified atom stereocenters. The quantitative estimate of drug-likeness (QED) is 0.694. The van der Waals surface area contributed by atoms with Gasteiger partial charge in [-0.2, -0.15) is 0 Å². The summed E-state index contributed by atoms with van der Waals surface area (Å²) in [6.45, 7) is 5.95. The molecule has 1 aromatic carbocycles. The van der Waals surface area contributed by atoms with Crippen molar-refractivity contribution in [2.24, 2.45) is 0 Å². The van der Waals surface area contributed by atoms with E-state index in [4.69, 9.17) is 27.9 Å². The van der Waals surface area contributed by atoms with Crippen LogP contribution in [0.5, 0.6) is 5.75 Å². The molecule has 0 radical (unpaired) electrons. The van der Waals surface area contributed by atoms with Crippen molar-refractivity contribution in [1.82, 2.24) is 0 Å². The normalized spacial score (nSPS) is 9.27. The fourth-order valence-electron chi connectivity index (χ4n) is 0.852. The Hall–Kier alpha value is -0.470. The number of methoxy groups -OCH3 is 1. The van der Waals surface area contributed by atoms with Crippen molar-refractivity contribution in [3.8, 4) is 5.75 Å². The van der Waals surface area contributed by atoms with Gasteiger partial charge >= 0.3 is 0 Å². The zero-order valence-corrected chi connectivity index (χ0v) is 10.8. The van der Waals surface area contributed by atoms with Crippen LogP contribution in [0.4, 0.5) is 4.39 Å². The Morgan fingerprint density at radius 3 is 2.20 bits per heavy atom. The number of hydrogen-bond donors (Lipinski definition) is 0. The Balaban J connectivity index is 0.000000583. The molecule has 1 rings (SSSR count). The van der Waals surface area contributed by atoms with Gasteiger partial charge in [0.2, 0.25) is 0 Å². The van der Waals surface area contributed by atoms with Gasteiger partial charge in [-0.3, -0.25) is 0 Å². The van der Waals surface area contributed by atoms with Crippen molar-refractivity contribution in [1.29, 1.82) is 0 Å². The number of ether oxygens (including phenoxy) is 1. The molecular weight excluding hydrogens is 238 g/mol. The van der Waals surface area contributed by atoms with Gasteiger partial charge in [0.05, 0.1) is 12.1 Å². The van der Waals surface area contributed by atoms with Gasteiger partial charge in [0, 0.05) is 5.02 Å². The molecule has 0 fully saturated rings. The first-order chi connectivity index (χ1) is 6.99. The van der Waals surface area contributed by atoms with Crippen LogP contribution in [0, 0.1) is 12.7 Å². The maximum atomic E-state index is 13.0. The number of halogens is 3. The molecule has 86 valence electrons. The van der Waals surface area contributed by atoms with Gasteiger partial charge in [-0.1, -0.05) is 43.5 Å². The van der Waals surface area contributed by atoms with Crippen LogP contribution in [0.2, 0.25) is 10.0 Å². The first-order valence-electron chi connectivity index (χ1n) is 4.67. The summed E-state index contributed by atoms with van der Waals surface area (Å²) in [4.78, 5) is 0. The van der Waals surface area contributed by atoms with E-state index >= 15 is 0 Å². The summed E-state index contributed by atoms with van der Waals surface area (Å²) in [5.74, 6) is -0.503. The Morgan fingerprint density at radius 1 is 1.33 bits per heavy atom. The fraction of sp³-hybridized carbons (Fsp3) is 0.455. The number of rotatable bonds is 1. The predicted octanol–water partition coefficient (Wildman–Crippen LogP) is 4.87. The van der Waals surface area contributed by atoms with E-state index in [1.54, 1.807) is 6.92 Å². The minimum absolute atomic E-state index is 0.0403. The van der Waals surface area contributed by atoms with Crippen molar-refractivity contribution in [2.45, 2.75) is 27.2 Å². The molecule has 4 heteroatoms. The number of benzene rings is 1. The molecule has 0 heterocycles. The molecule has 1 nitrogen and oxygen atoms in total. The monoisotopic (exact) mass is 252 g/mol. The molecule has 0 bridgehead atoms. The predicted molar refractivity (Wildman–Crippen MR) is 63.7 cm³/mol. The minimum atomic E-state index is -0.543. The summed E-state index contributed by atoms with van der Waals surface area (Å²) >= 11 is 11.4. The van der Waals surface area contributed by atoms with E-state index in [0.29, 0.717) is 10.6 Å². The highest BCUT2D eigenvalue weighted by atomic mass is 35.5. The van der Waals surface area contributed by atoms with Crippen molar-refractivity contribution >= 4 is 23.2 Å². The lowest BCUT2D eigenvalue weighted by Gasteiger charge is -2.07. The minimum Gasteiger partial charge on any atom is -0.492 e. The van der Waals surface area contributed by atoms with Gasteiger partial charge in [-0.05, 0) is 18.6 Å². The molecule has 0 N–H and O–H groups in total. The van der Waals surface area contributed by atoms with Crippen LogP contribution in [-0.2, 0) is 0 Å². The fourth-order valence-corrected chi connectivity index (χ4v) is 1.36. The first kappa shape index (κ1) is 14.5. The summed E-state index contributed by atoms with van der Waals surface area (Å²) in [5, 5.41) is 0.529. The second-order valence-corrected chi connectivity index (χ2v) is 3.80. The van der Waals surface area contributed by atoms with E-state index in [0.717, 1.165) is 0 Å². The highest BCUT2D eigenvalue weighted by Gasteiger charge is 2.13. The Kier molecular flexibility index (Phi) is 6.70. The summed E-state index contributed by atoms with van der Waals surface area (Å²) in [7, 11) is 1.36. The third-order valence-electron chi connectivity index (χ3n) is 1.56.